The van der Waals surface area contributed by atoms with Crippen molar-refractivity contribution in [1.82, 2.24) is 24.9 Å². The van der Waals surface area contributed by atoms with Crippen LogP contribution in [0, 0.1) is 6.92 Å². The van der Waals surface area contributed by atoms with Crippen LogP contribution in [0.25, 0.3) is 0 Å². The Morgan fingerprint density at radius 1 is 0.865 bits per heavy atom. The zero-order chi connectivity index (χ0) is 25.2. The van der Waals surface area contributed by atoms with Crippen molar-refractivity contribution in [3.05, 3.63) is 89.2 Å². The lowest BCUT2D eigenvalue weighted by Gasteiger charge is -2.42. The molecule has 2 aromatic carbocycles. The van der Waals surface area contributed by atoms with Gasteiger partial charge in [-0.3, -0.25) is 10.00 Å². The number of aromatic nitrogens is 2. The van der Waals surface area contributed by atoms with Gasteiger partial charge in [0.05, 0.1) is 18.3 Å². The third kappa shape index (κ3) is 4.79. The Morgan fingerprint density at radius 2 is 1.54 bits per heavy atom. The highest BCUT2D eigenvalue weighted by molar-refractivity contribution is 5.78. The number of rotatable bonds is 6. The smallest absolute Gasteiger partial charge is 0.319 e. The molecule has 1 aromatic heterocycles. The number of benzene rings is 2. The predicted octanol–water partition coefficient (Wildman–Crippen LogP) is 6.08. The molecule has 1 aliphatic carbocycles. The molecule has 3 aliphatic rings. The summed E-state index contributed by atoms with van der Waals surface area (Å²) in [4.78, 5) is 21.1. The Kier molecular flexibility index (Phi) is 7.01. The van der Waals surface area contributed by atoms with Gasteiger partial charge in [0.2, 0.25) is 0 Å². The minimum Gasteiger partial charge on any atom is -0.319 e. The Bertz CT molecular complexity index is 1160. The van der Waals surface area contributed by atoms with Gasteiger partial charge in [-0.25, -0.2) is 4.79 Å². The summed E-state index contributed by atoms with van der Waals surface area (Å²) in [5.74, 6) is 0. The topological polar surface area (TPSA) is 55.5 Å². The summed E-state index contributed by atoms with van der Waals surface area (Å²) in [5.41, 5.74) is 4.94. The standard InChI is InChI=1S/C31H39N5O/c1-23-28(21-32-33-23)30(25-13-7-3-8-14-25)34-19-17-27(18-20-34)36-29(24-11-5-2-6-12-24)22-35(31(36)37)26-15-9-4-10-16-26/h2-3,5-8,11-14,21,26-27,29-30H,4,9-10,15-20,22H2,1H3,(H,32,33)/t29-,30?/m0/s1. The first-order valence-electron chi connectivity index (χ1n) is 14.1. The molecular formula is C31H39N5O. The third-order valence-corrected chi connectivity index (χ3v) is 8.91. The molecule has 2 aliphatic heterocycles. The van der Waals surface area contributed by atoms with Gasteiger partial charge in [-0.1, -0.05) is 79.9 Å². The van der Waals surface area contributed by atoms with Gasteiger partial charge < -0.3 is 9.80 Å². The molecule has 2 atom stereocenters. The molecule has 37 heavy (non-hydrogen) atoms. The second-order valence-electron chi connectivity index (χ2n) is 11.1. The van der Waals surface area contributed by atoms with Crippen LogP contribution in [0.1, 0.15) is 79.4 Å². The number of likely N-dealkylation sites (tertiary alicyclic amines) is 1. The first-order valence-corrected chi connectivity index (χ1v) is 14.1. The lowest BCUT2D eigenvalue weighted by atomic mass is 9.93. The van der Waals surface area contributed by atoms with Gasteiger partial charge in [0.25, 0.3) is 0 Å². The fourth-order valence-corrected chi connectivity index (χ4v) is 6.96. The van der Waals surface area contributed by atoms with Crippen LogP contribution in [0.5, 0.6) is 0 Å². The summed E-state index contributed by atoms with van der Waals surface area (Å²) in [6, 6.07) is 22.7. The molecule has 1 N–H and O–H groups in total. The summed E-state index contributed by atoms with van der Waals surface area (Å²) in [6.45, 7) is 4.86. The summed E-state index contributed by atoms with van der Waals surface area (Å²) in [5, 5.41) is 7.48. The molecule has 6 heteroatoms. The van der Waals surface area contributed by atoms with Gasteiger partial charge in [0.15, 0.2) is 0 Å². The normalized spacial score (nSPS) is 23.1. The number of amides is 2. The van der Waals surface area contributed by atoms with Gasteiger partial charge >= 0.3 is 6.03 Å². The number of carbonyl (C=O) groups is 1. The molecule has 2 saturated heterocycles. The van der Waals surface area contributed by atoms with E-state index in [0.717, 1.165) is 51.0 Å². The number of hydrogen-bond acceptors (Lipinski definition) is 3. The number of aromatic amines is 1. The van der Waals surface area contributed by atoms with Crippen LogP contribution < -0.4 is 0 Å². The van der Waals surface area contributed by atoms with Crippen LogP contribution >= 0.6 is 0 Å². The van der Waals surface area contributed by atoms with Gasteiger partial charge in [-0.15, -0.1) is 0 Å². The first kappa shape index (κ1) is 24.2. The second kappa shape index (κ2) is 10.7. The zero-order valence-electron chi connectivity index (χ0n) is 21.9. The van der Waals surface area contributed by atoms with Crippen LogP contribution in [0.4, 0.5) is 4.79 Å². The van der Waals surface area contributed by atoms with Crippen molar-refractivity contribution < 1.29 is 4.79 Å². The molecule has 2 amide bonds. The molecule has 1 saturated carbocycles. The fourth-order valence-electron chi connectivity index (χ4n) is 6.96. The van der Waals surface area contributed by atoms with E-state index in [-0.39, 0.29) is 24.2 Å². The van der Waals surface area contributed by atoms with Crippen molar-refractivity contribution in [2.24, 2.45) is 0 Å². The molecule has 6 nitrogen and oxygen atoms in total. The number of aryl methyl sites for hydroxylation is 1. The quantitative estimate of drug-likeness (QED) is 0.449. The van der Waals surface area contributed by atoms with Gasteiger partial charge in [0.1, 0.15) is 0 Å². The van der Waals surface area contributed by atoms with E-state index in [1.165, 1.54) is 36.0 Å². The number of nitrogens with zero attached hydrogens (tertiary/aromatic N) is 4. The van der Waals surface area contributed by atoms with Crippen molar-refractivity contribution in [3.8, 4) is 0 Å². The Labute approximate surface area is 220 Å². The van der Waals surface area contributed by atoms with Crippen molar-refractivity contribution in [3.63, 3.8) is 0 Å². The monoisotopic (exact) mass is 497 g/mol. The maximum Gasteiger partial charge on any atom is 0.321 e. The lowest BCUT2D eigenvalue weighted by molar-refractivity contribution is 0.0964. The maximum atomic E-state index is 14.0. The average Bonchev–Trinajstić information content (AvgIpc) is 3.53. The highest BCUT2D eigenvalue weighted by Crippen LogP contribution is 2.39. The van der Waals surface area contributed by atoms with Crippen molar-refractivity contribution in [2.45, 2.75) is 76.0 Å². The van der Waals surface area contributed by atoms with Gasteiger partial charge in [-0.2, -0.15) is 5.10 Å². The molecule has 1 unspecified atom stereocenters. The van der Waals surface area contributed by atoms with E-state index in [9.17, 15) is 4.79 Å². The molecule has 0 bridgehead atoms. The second-order valence-corrected chi connectivity index (χ2v) is 11.1. The van der Waals surface area contributed by atoms with E-state index in [2.05, 4.69) is 92.5 Å². The Hall–Kier alpha value is -3.12. The third-order valence-electron chi connectivity index (χ3n) is 8.91. The lowest BCUT2D eigenvalue weighted by Crippen LogP contribution is -2.49. The van der Waals surface area contributed by atoms with Crippen molar-refractivity contribution >= 4 is 6.03 Å². The molecule has 6 rings (SSSR count). The van der Waals surface area contributed by atoms with E-state index in [4.69, 9.17) is 0 Å². The van der Waals surface area contributed by atoms with Crippen molar-refractivity contribution in [1.29, 1.82) is 0 Å². The first-order chi connectivity index (χ1) is 18.2. The molecule has 3 heterocycles. The van der Waals surface area contributed by atoms with Gasteiger partial charge in [-0.05, 0) is 43.7 Å². The molecule has 3 fully saturated rings. The molecule has 0 spiro atoms. The summed E-state index contributed by atoms with van der Waals surface area (Å²) in [6.07, 6.45) is 10.1. The molecule has 194 valence electrons. The highest BCUT2D eigenvalue weighted by atomic mass is 16.2. The fraction of sp³-hybridized carbons (Fsp3) is 0.484. The SMILES string of the molecule is Cc1[nH]ncc1C(c1ccccc1)N1CCC(N2C(=O)N(C3CCCCC3)C[C@H]2c2ccccc2)CC1. The summed E-state index contributed by atoms with van der Waals surface area (Å²) < 4.78 is 0. The number of urea groups is 1. The number of hydrogen-bond donors (Lipinski definition) is 1. The summed E-state index contributed by atoms with van der Waals surface area (Å²) in [7, 11) is 0. The average molecular weight is 498 g/mol. The molecule has 3 aromatic rings. The minimum absolute atomic E-state index is 0.146. The minimum atomic E-state index is 0.146. The maximum absolute atomic E-state index is 14.0. The predicted molar refractivity (Wildman–Crippen MR) is 146 cm³/mol. The van der Waals surface area contributed by atoms with Crippen molar-refractivity contribution in [2.75, 3.05) is 19.6 Å². The van der Waals surface area contributed by atoms with E-state index in [1.54, 1.807) is 0 Å². The van der Waals surface area contributed by atoms with E-state index in [0.29, 0.717) is 6.04 Å². The van der Waals surface area contributed by atoms with E-state index < -0.39 is 0 Å². The number of carbonyl (C=O) groups excluding carboxylic acids is 1. The van der Waals surface area contributed by atoms with Gasteiger partial charge in [0, 0.05) is 43.0 Å². The molecular weight excluding hydrogens is 458 g/mol. The van der Waals surface area contributed by atoms with Crippen LogP contribution in [0.15, 0.2) is 66.9 Å². The van der Waals surface area contributed by atoms with Crippen LogP contribution in [0.3, 0.4) is 0 Å². The van der Waals surface area contributed by atoms with E-state index >= 15 is 0 Å². The number of piperidine rings is 1. The Morgan fingerprint density at radius 3 is 2.19 bits per heavy atom. The van der Waals surface area contributed by atoms with E-state index in [1.807, 2.05) is 6.20 Å². The highest BCUT2D eigenvalue weighted by Gasteiger charge is 2.45. The largest absolute Gasteiger partial charge is 0.321 e. The van der Waals surface area contributed by atoms with Crippen LogP contribution in [-0.2, 0) is 0 Å². The Balaban J connectivity index is 1.23. The number of nitrogens with one attached hydrogen (secondary N) is 1. The van der Waals surface area contributed by atoms with Crippen LogP contribution in [0.2, 0.25) is 0 Å². The number of H-pyrrole nitrogens is 1. The molecule has 0 radical (unpaired) electrons. The zero-order valence-corrected chi connectivity index (χ0v) is 21.9. The summed E-state index contributed by atoms with van der Waals surface area (Å²) >= 11 is 0. The van der Waals surface area contributed by atoms with Crippen LogP contribution in [-0.4, -0.2) is 62.6 Å².